The SMILES string of the molecule is CCc1nc(SC(C)c2nc(-c3ccccc3)no2)n[nH]1. The van der Waals surface area contributed by atoms with Gasteiger partial charge in [0.15, 0.2) is 0 Å². The molecule has 1 atom stereocenters. The molecule has 0 bridgehead atoms. The summed E-state index contributed by atoms with van der Waals surface area (Å²) >= 11 is 1.49. The van der Waals surface area contributed by atoms with E-state index in [0.717, 1.165) is 17.8 Å². The fraction of sp³-hybridized carbons (Fsp3) is 0.286. The first-order valence-electron chi connectivity index (χ1n) is 6.73. The molecule has 0 saturated carbocycles. The molecule has 0 spiro atoms. The minimum atomic E-state index is -0.00420. The Hall–Kier alpha value is -2.15. The molecule has 3 aromatic rings. The van der Waals surface area contributed by atoms with Crippen molar-refractivity contribution in [2.45, 2.75) is 30.7 Å². The van der Waals surface area contributed by atoms with E-state index in [9.17, 15) is 0 Å². The molecule has 0 amide bonds. The van der Waals surface area contributed by atoms with Crippen LogP contribution in [0.5, 0.6) is 0 Å². The van der Waals surface area contributed by atoms with E-state index in [1.165, 1.54) is 11.8 Å². The van der Waals surface area contributed by atoms with Crippen LogP contribution in [0.1, 0.15) is 30.8 Å². The van der Waals surface area contributed by atoms with Crippen LogP contribution < -0.4 is 0 Å². The van der Waals surface area contributed by atoms with Crippen molar-refractivity contribution in [1.29, 1.82) is 0 Å². The molecular weight excluding hydrogens is 286 g/mol. The number of thioether (sulfide) groups is 1. The van der Waals surface area contributed by atoms with Crippen LogP contribution in [0.4, 0.5) is 0 Å². The highest BCUT2D eigenvalue weighted by Crippen LogP contribution is 2.32. The van der Waals surface area contributed by atoms with Gasteiger partial charge in [-0.3, -0.25) is 5.10 Å². The predicted octanol–water partition coefficient (Wildman–Crippen LogP) is 3.27. The summed E-state index contributed by atoms with van der Waals surface area (Å²) in [7, 11) is 0. The van der Waals surface area contributed by atoms with E-state index in [1.807, 2.05) is 44.2 Å². The molecule has 0 fully saturated rings. The third kappa shape index (κ3) is 3.13. The molecule has 1 aromatic carbocycles. The topological polar surface area (TPSA) is 80.5 Å². The van der Waals surface area contributed by atoms with Crippen molar-refractivity contribution in [2.24, 2.45) is 0 Å². The highest BCUT2D eigenvalue weighted by molar-refractivity contribution is 7.99. The van der Waals surface area contributed by atoms with Crippen LogP contribution in [0.2, 0.25) is 0 Å². The summed E-state index contributed by atoms with van der Waals surface area (Å²) in [6.07, 6.45) is 0.834. The van der Waals surface area contributed by atoms with Crippen LogP contribution >= 0.6 is 11.8 Å². The lowest BCUT2D eigenvalue weighted by molar-refractivity contribution is 0.380. The number of aromatic amines is 1. The molecule has 3 rings (SSSR count). The first-order chi connectivity index (χ1) is 10.3. The van der Waals surface area contributed by atoms with Crippen LogP contribution in [-0.4, -0.2) is 25.3 Å². The molecule has 1 N–H and O–H groups in total. The maximum absolute atomic E-state index is 5.34. The molecule has 2 aromatic heterocycles. The van der Waals surface area contributed by atoms with E-state index in [2.05, 4.69) is 25.3 Å². The van der Waals surface area contributed by atoms with Gasteiger partial charge in [-0.2, -0.15) is 4.98 Å². The van der Waals surface area contributed by atoms with Crippen LogP contribution in [0.15, 0.2) is 40.0 Å². The second-order valence-electron chi connectivity index (χ2n) is 4.50. The van der Waals surface area contributed by atoms with Crippen molar-refractivity contribution in [3.63, 3.8) is 0 Å². The van der Waals surface area contributed by atoms with Gasteiger partial charge < -0.3 is 4.52 Å². The first kappa shape index (κ1) is 13.8. The van der Waals surface area contributed by atoms with Gasteiger partial charge in [0.05, 0.1) is 5.25 Å². The smallest absolute Gasteiger partial charge is 0.240 e. The number of aryl methyl sites for hydroxylation is 1. The van der Waals surface area contributed by atoms with Crippen LogP contribution in [-0.2, 0) is 6.42 Å². The summed E-state index contributed by atoms with van der Waals surface area (Å²) in [5.41, 5.74) is 0.941. The fourth-order valence-electron chi connectivity index (χ4n) is 1.80. The first-order valence-corrected chi connectivity index (χ1v) is 7.61. The Labute approximate surface area is 126 Å². The Morgan fingerprint density at radius 2 is 2.05 bits per heavy atom. The Morgan fingerprint density at radius 1 is 1.24 bits per heavy atom. The van der Waals surface area contributed by atoms with E-state index < -0.39 is 0 Å². The molecule has 7 heteroatoms. The lowest BCUT2D eigenvalue weighted by Crippen LogP contribution is -1.90. The summed E-state index contributed by atoms with van der Waals surface area (Å²) in [5, 5.41) is 11.8. The predicted molar refractivity (Wildman–Crippen MR) is 79.8 cm³/mol. The lowest BCUT2D eigenvalue weighted by atomic mass is 10.2. The van der Waals surface area contributed by atoms with Crippen molar-refractivity contribution >= 4 is 11.8 Å². The summed E-state index contributed by atoms with van der Waals surface area (Å²) in [6, 6.07) is 9.76. The second kappa shape index (κ2) is 6.09. The Balaban J connectivity index is 1.73. The average molecular weight is 301 g/mol. The number of rotatable bonds is 5. The molecule has 1 unspecified atom stereocenters. The number of H-pyrrole nitrogens is 1. The fourth-order valence-corrected chi connectivity index (χ4v) is 2.58. The van der Waals surface area contributed by atoms with Crippen molar-refractivity contribution < 1.29 is 4.52 Å². The Bertz CT molecular complexity index is 709. The highest BCUT2D eigenvalue weighted by Gasteiger charge is 2.18. The minimum Gasteiger partial charge on any atom is -0.338 e. The minimum absolute atomic E-state index is 0.00420. The second-order valence-corrected chi connectivity index (χ2v) is 5.81. The molecule has 0 aliphatic rings. The lowest BCUT2D eigenvalue weighted by Gasteiger charge is -2.01. The van der Waals surface area contributed by atoms with Crippen LogP contribution in [0.3, 0.4) is 0 Å². The maximum atomic E-state index is 5.34. The molecule has 0 radical (unpaired) electrons. The van der Waals surface area contributed by atoms with E-state index in [0.29, 0.717) is 16.9 Å². The number of hydrogen-bond acceptors (Lipinski definition) is 6. The Kier molecular flexibility index (Phi) is 4.01. The zero-order valence-corrected chi connectivity index (χ0v) is 12.6. The zero-order chi connectivity index (χ0) is 14.7. The summed E-state index contributed by atoms with van der Waals surface area (Å²) < 4.78 is 5.34. The number of aromatic nitrogens is 5. The number of hydrogen-bond donors (Lipinski definition) is 1. The highest BCUT2D eigenvalue weighted by atomic mass is 32.2. The molecular formula is C14H15N5OS. The number of benzene rings is 1. The largest absolute Gasteiger partial charge is 0.338 e. The molecule has 108 valence electrons. The van der Waals surface area contributed by atoms with Gasteiger partial charge in [0.2, 0.25) is 16.9 Å². The van der Waals surface area contributed by atoms with Gasteiger partial charge in [-0.25, -0.2) is 4.98 Å². The average Bonchev–Trinajstić information content (AvgIpc) is 3.17. The van der Waals surface area contributed by atoms with Crippen molar-refractivity contribution in [3.05, 3.63) is 42.0 Å². The van der Waals surface area contributed by atoms with Crippen molar-refractivity contribution in [3.8, 4) is 11.4 Å². The van der Waals surface area contributed by atoms with Gasteiger partial charge in [-0.05, 0) is 6.92 Å². The van der Waals surface area contributed by atoms with Gasteiger partial charge in [0.1, 0.15) is 5.82 Å². The van der Waals surface area contributed by atoms with E-state index in [-0.39, 0.29) is 5.25 Å². The standard InChI is InChI=1S/C14H15N5OS/c1-3-11-15-14(18-17-11)21-9(2)13-16-12(19-20-13)10-7-5-4-6-8-10/h4-9H,3H2,1-2H3,(H,15,17,18). The monoisotopic (exact) mass is 301 g/mol. The maximum Gasteiger partial charge on any atom is 0.240 e. The van der Waals surface area contributed by atoms with E-state index >= 15 is 0 Å². The van der Waals surface area contributed by atoms with Crippen molar-refractivity contribution in [2.75, 3.05) is 0 Å². The quantitative estimate of drug-likeness (QED) is 0.728. The molecule has 0 saturated heterocycles. The molecule has 6 nitrogen and oxygen atoms in total. The third-order valence-electron chi connectivity index (χ3n) is 2.95. The van der Waals surface area contributed by atoms with Gasteiger partial charge in [0.25, 0.3) is 0 Å². The van der Waals surface area contributed by atoms with Crippen molar-refractivity contribution in [1.82, 2.24) is 25.3 Å². The Morgan fingerprint density at radius 3 is 2.76 bits per heavy atom. The zero-order valence-electron chi connectivity index (χ0n) is 11.8. The van der Waals surface area contributed by atoms with Gasteiger partial charge in [-0.1, -0.05) is 54.2 Å². The van der Waals surface area contributed by atoms with Crippen LogP contribution in [0, 0.1) is 0 Å². The normalized spacial score (nSPS) is 12.5. The third-order valence-corrected chi connectivity index (χ3v) is 3.90. The number of nitrogens with one attached hydrogen (secondary N) is 1. The van der Waals surface area contributed by atoms with E-state index in [4.69, 9.17) is 4.52 Å². The van der Waals surface area contributed by atoms with Gasteiger partial charge in [-0.15, -0.1) is 5.10 Å². The van der Waals surface area contributed by atoms with Gasteiger partial charge in [0, 0.05) is 12.0 Å². The molecule has 0 aliphatic carbocycles. The van der Waals surface area contributed by atoms with Crippen LogP contribution in [0.25, 0.3) is 11.4 Å². The summed E-state index contributed by atoms with van der Waals surface area (Å²) in [6.45, 7) is 4.03. The summed E-state index contributed by atoms with van der Waals surface area (Å²) in [5.74, 6) is 2.05. The van der Waals surface area contributed by atoms with Gasteiger partial charge >= 0.3 is 0 Å². The molecule has 2 heterocycles. The van der Waals surface area contributed by atoms with E-state index in [1.54, 1.807) is 0 Å². The number of nitrogens with zero attached hydrogens (tertiary/aromatic N) is 4. The summed E-state index contributed by atoms with van der Waals surface area (Å²) in [4.78, 5) is 8.80. The molecule has 21 heavy (non-hydrogen) atoms. The molecule has 0 aliphatic heterocycles.